The number of fused-ring (bicyclic) bond motifs is 1. The molecule has 0 radical (unpaired) electrons. The molecule has 0 bridgehead atoms. The predicted octanol–water partition coefficient (Wildman–Crippen LogP) is 4.94. The summed E-state index contributed by atoms with van der Waals surface area (Å²) < 4.78 is 21.5. The Kier molecular flexibility index (Phi) is 3.82. The molecule has 26 heavy (non-hydrogen) atoms. The van der Waals surface area contributed by atoms with Crippen molar-refractivity contribution in [1.29, 1.82) is 0 Å². The van der Waals surface area contributed by atoms with Crippen molar-refractivity contribution >= 4 is 38.8 Å². The summed E-state index contributed by atoms with van der Waals surface area (Å²) in [5, 5.41) is 5.61. The van der Waals surface area contributed by atoms with Gasteiger partial charge in [0.2, 0.25) is 5.71 Å². The second-order valence-electron chi connectivity index (χ2n) is 6.06. The molecule has 0 saturated carbocycles. The third-order valence-corrected chi connectivity index (χ3v) is 6.03. The fourth-order valence-electron chi connectivity index (χ4n) is 2.99. The van der Waals surface area contributed by atoms with Crippen LogP contribution in [-0.2, 0) is 0 Å². The first kappa shape index (κ1) is 16.0. The Morgan fingerprint density at radius 3 is 2.69 bits per heavy atom. The average Bonchev–Trinajstić information content (AvgIpc) is 3.16. The van der Waals surface area contributed by atoms with Crippen molar-refractivity contribution in [2.45, 2.75) is 6.04 Å². The molecule has 1 aromatic carbocycles. The Balaban J connectivity index is 1.73. The van der Waals surface area contributed by atoms with Crippen LogP contribution in [0.5, 0.6) is 0 Å². The molecular formula is C18H12BrFN4OS. The summed E-state index contributed by atoms with van der Waals surface area (Å²) in [6.07, 6.45) is 3.50. The van der Waals surface area contributed by atoms with Crippen molar-refractivity contribution < 1.29 is 8.81 Å². The highest BCUT2D eigenvalue weighted by molar-refractivity contribution is 9.10. The van der Waals surface area contributed by atoms with Crippen LogP contribution in [0.3, 0.4) is 0 Å². The number of benzene rings is 1. The van der Waals surface area contributed by atoms with E-state index in [0.29, 0.717) is 16.4 Å². The number of thioether (sulfide) groups is 1. The molecular weight excluding hydrogens is 419 g/mol. The second kappa shape index (κ2) is 6.21. The summed E-state index contributed by atoms with van der Waals surface area (Å²) in [5.41, 5.74) is 3.77. The number of hydrogen-bond donors (Lipinski definition) is 0. The summed E-state index contributed by atoms with van der Waals surface area (Å²) in [4.78, 5) is 8.67. The van der Waals surface area contributed by atoms with Crippen LogP contribution in [0.2, 0.25) is 0 Å². The minimum Gasteiger partial charge on any atom is -0.431 e. The van der Waals surface area contributed by atoms with Crippen LogP contribution in [-0.4, -0.2) is 31.3 Å². The maximum Gasteiger partial charge on any atom is 0.231 e. The molecule has 0 amide bonds. The summed E-state index contributed by atoms with van der Waals surface area (Å²) in [6, 6.07) is 8.61. The van der Waals surface area contributed by atoms with Crippen LogP contribution < -0.4 is 0 Å². The van der Waals surface area contributed by atoms with E-state index in [1.165, 1.54) is 18.5 Å². The highest BCUT2D eigenvalue weighted by Gasteiger charge is 2.25. The number of furan rings is 1. The summed E-state index contributed by atoms with van der Waals surface area (Å²) >= 11 is 5.25. The topological polar surface area (TPSA) is 56.7 Å². The quantitative estimate of drug-likeness (QED) is 0.460. The number of nitrogens with zero attached hydrogens (tertiary/aromatic N) is 4. The maximum atomic E-state index is 13.4. The standard InChI is InChI=1S/C18H12BrFN4OS/c19-15-5-13-17(21-9-22-18(13)25-15)14-6-24(12-7-26-8-12)23-16(14)10-1-3-11(20)4-2-10/h1-6,9,12H,7-8H2. The molecule has 1 saturated heterocycles. The third-order valence-electron chi connectivity index (χ3n) is 4.40. The van der Waals surface area contributed by atoms with Crippen molar-refractivity contribution in [2.75, 3.05) is 11.5 Å². The molecule has 3 aromatic heterocycles. The zero-order valence-corrected chi connectivity index (χ0v) is 15.8. The molecule has 0 aliphatic carbocycles. The molecule has 0 N–H and O–H groups in total. The van der Waals surface area contributed by atoms with Gasteiger partial charge in [-0.25, -0.2) is 14.4 Å². The van der Waals surface area contributed by atoms with E-state index in [1.807, 2.05) is 28.7 Å². The first-order valence-corrected chi connectivity index (χ1v) is 9.97. The molecule has 5 rings (SSSR count). The molecule has 4 aromatic rings. The lowest BCUT2D eigenvalue weighted by Crippen LogP contribution is -2.23. The lowest BCUT2D eigenvalue weighted by molar-refractivity contribution is 0.528. The Bertz CT molecular complexity index is 1100. The molecule has 4 heterocycles. The number of aromatic nitrogens is 4. The van der Waals surface area contributed by atoms with E-state index < -0.39 is 0 Å². The smallest absolute Gasteiger partial charge is 0.231 e. The molecule has 8 heteroatoms. The monoisotopic (exact) mass is 430 g/mol. The SMILES string of the molecule is Fc1ccc(-c2nn(C3CSC3)cc2-c2ncnc3oc(Br)cc23)cc1. The van der Waals surface area contributed by atoms with Gasteiger partial charge >= 0.3 is 0 Å². The zero-order chi connectivity index (χ0) is 17.7. The van der Waals surface area contributed by atoms with Gasteiger partial charge in [0.25, 0.3) is 0 Å². The average molecular weight is 431 g/mol. The van der Waals surface area contributed by atoms with Crippen molar-refractivity contribution in [3.8, 4) is 22.5 Å². The van der Waals surface area contributed by atoms with Crippen molar-refractivity contribution in [3.63, 3.8) is 0 Å². The van der Waals surface area contributed by atoms with Gasteiger partial charge in [-0.1, -0.05) is 0 Å². The predicted molar refractivity (Wildman–Crippen MR) is 102 cm³/mol. The molecule has 5 nitrogen and oxygen atoms in total. The van der Waals surface area contributed by atoms with Gasteiger partial charge in [-0.3, -0.25) is 4.68 Å². The Morgan fingerprint density at radius 1 is 1.15 bits per heavy atom. The molecule has 1 fully saturated rings. The first-order chi connectivity index (χ1) is 12.7. The van der Waals surface area contributed by atoms with E-state index in [0.717, 1.165) is 39.4 Å². The van der Waals surface area contributed by atoms with Gasteiger partial charge in [0.15, 0.2) is 4.67 Å². The van der Waals surface area contributed by atoms with Gasteiger partial charge in [0.1, 0.15) is 17.8 Å². The summed E-state index contributed by atoms with van der Waals surface area (Å²) in [6.45, 7) is 0. The van der Waals surface area contributed by atoms with Gasteiger partial charge in [0, 0.05) is 34.9 Å². The van der Waals surface area contributed by atoms with Crippen molar-refractivity contribution in [2.24, 2.45) is 0 Å². The normalized spacial score (nSPS) is 14.7. The first-order valence-electron chi connectivity index (χ1n) is 8.02. The fraction of sp³-hybridized carbons (Fsp3) is 0.167. The second-order valence-corrected chi connectivity index (χ2v) is 7.92. The lowest BCUT2D eigenvalue weighted by Gasteiger charge is -2.24. The molecule has 1 aliphatic rings. The largest absolute Gasteiger partial charge is 0.431 e. The van der Waals surface area contributed by atoms with Crippen LogP contribution >= 0.6 is 27.7 Å². The Hall–Kier alpha value is -2.19. The number of rotatable bonds is 3. The van der Waals surface area contributed by atoms with Crippen LogP contribution in [0, 0.1) is 5.82 Å². The number of hydrogen-bond acceptors (Lipinski definition) is 5. The van der Waals surface area contributed by atoms with E-state index in [4.69, 9.17) is 9.52 Å². The summed E-state index contributed by atoms with van der Waals surface area (Å²) in [7, 11) is 0. The molecule has 0 atom stereocenters. The van der Waals surface area contributed by atoms with Crippen LogP contribution in [0.4, 0.5) is 4.39 Å². The molecule has 0 unspecified atom stereocenters. The van der Waals surface area contributed by atoms with Gasteiger partial charge < -0.3 is 4.42 Å². The summed E-state index contributed by atoms with van der Waals surface area (Å²) in [5.74, 6) is 1.81. The highest BCUT2D eigenvalue weighted by atomic mass is 79.9. The Morgan fingerprint density at radius 2 is 1.96 bits per heavy atom. The fourth-order valence-corrected chi connectivity index (χ4v) is 4.12. The van der Waals surface area contributed by atoms with Gasteiger partial charge in [-0.05, 0) is 40.2 Å². The Labute approximate surface area is 160 Å². The van der Waals surface area contributed by atoms with Crippen molar-refractivity contribution in [3.05, 3.63) is 53.3 Å². The van der Waals surface area contributed by atoms with Crippen molar-refractivity contribution in [1.82, 2.24) is 19.7 Å². The minimum atomic E-state index is -0.270. The van der Waals surface area contributed by atoms with Gasteiger partial charge in [-0.2, -0.15) is 16.9 Å². The van der Waals surface area contributed by atoms with E-state index in [-0.39, 0.29) is 5.82 Å². The minimum absolute atomic E-state index is 0.270. The van der Waals surface area contributed by atoms with E-state index >= 15 is 0 Å². The lowest BCUT2D eigenvalue weighted by atomic mass is 10.0. The molecule has 130 valence electrons. The zero-order valence-electron chi connectivity index (χ0n) is 13.4. The van der Waals surface area contributed by atoms with Gasteiger partial charge in [-0.15, -0.1) is 0 Å². The number of halogens is 2. The van der Waals surface area contributed by atoms with E-state index in [1.54, 1.807) is 12.1 Å². The highest BCUT2D eigenvalue weighted by Crippen LogP contribution is 2.38. The van der Waals surface area contributed by atoms with Gasteiger partial charge in [0.05, 0.1) is 17.1 Å². The van der Waals surface area contributed by atoms with E-state index in [2.05, 4.69) is 25.9 Å². The maximum absolute atomic E-state index is 13.4. The van der Waals surface area contributed by atoms with Crippen LogP contribution in [0.15, 0.2) is 51.9 Å². The van der Waals surface area contributed by atoms with Crippen LogP contribution in [0.25, 0.3) is 33.6 Å². The molecule has 0 spiro atoms. The van der Waals surface area contributed by atoms with E-state index in [9.17, 15) is 4.39 Å². The third kappa shape index (κ3) is 2.64. The van der Waals surface area contributed by atoms with Crippen LogP contribution in [0.1, 0.15) is 6.04 Å². The molecule has 1 aliphatic heterocycles.